The summed E-state index contributed by atoms with van der Waals surface area (Å²) in [5, 5.41) is 6.95. The molecule has 0 aliphatic carbocycles. The van der Waals surface area contributed by atoms with Crippen LogP contribution in [0.4, 0.5) is 0 Å². The minimum Gasteiger partial charge on any atom is -0.496 e. The molecular weight excluding hydrogens is 340 g/mol. The number of hydrogen-bond acceptors (Lipinski definition) is 4. The van der Waals surface area contributed by atoms with Crippen LogP contribution in [0.2, 0.25) is 0 Å². The van der Waals surface area contributed by atoms with Crippen molar-refractivity contribution in [1.29, 1.82) is 0 Å². The van der Waals surface area contributed by atoms with Gasteiger partial charge in [0.1, 0.15) is 5.75 Å². The Morgan fingerprint density at radius 1 is 1.19 bits per heavy atom. The quantitative estimate of drug-likeness (QED) is 0.512. The fourth-order valence-corrected chi connectivity index (χ4v) is 3.79. The summed E-state index contributed by atoms with van der Waals surface area (Å²) in [7, 11) is 3.52. The Morgan fingerprint density at radius 3 is 2.52 bits per heavy atom. The maximum atomic E-state index is 5.54. The van der Waals surface area contributed by atoms with Gasteiger partial charge in [-0.05, 0) is 12.0 Å². The molecule has 0 bridgehead atoms. The maximum Gasteiger partial charge on any atom is 0.191 e. The van der Waals surface area contributed by atoms with Crippen molar-refractivity contribution in [2.75, 3.05) is 47.0 Å². The molecule has 6 nitrogen and oxygen atoms in total. The molecule has 27 heavy (non-hydrogen) atoms. The van der Waals surface area contributed by atoms with E-state index in [4.69, 9.17) is 9.47 Å². The van der Waals surface area contributed by atoms with Gasteiger partial charge in [-0.25, -0.2) is 0 Å². The van der Waals surface area contributed by atoms with Crippen LogP contribution in [0.5, 0.6) is 5.75 Å². The van der Waals surface area contributed by atoms with Gasteiger partial charge >= 0.3 is 0 Å². The van der Waals surface area contributed by atoms with E-state index in [-0.39, 0.29) is 0 Å². The number of hydrogen-bond donors (Lipinski definition) is 2. The summed E-state index contributed by atoms with van der Waals surface area (Å²) in [4.78, 5) is 6.97. The van der Waals surface area contributed by atoms with E-state index in [0.717, 1.165) is 50.1 Å². The van der Waals surface area contributed by atoms with Crippen LogP contribution in [0.15, 0.2) is 29.3 Å². The topological polar surface area (TPSA) is 58.1 Å². The SMILES string of the molecule is CCC(CC)C(CNC(=NC)NCc1ccccc1OC)N1CCOCC1. The first kappa shape index (κ1) is 21.5. The second-order valence-electron chi connectivity index (χ2n) is 6.91. The average Bonchev–Trinajstić information content (AvgIpc) is 2.74. The van der Waals surface area contributed by atoms with Crippen LogP contribution in [0.1, 0.15) is 32.3 Å². The van der Waals surface area contributed by atoms with E-state index >= 15 is 0 Å². The molecule has 1 aliphatic heterocycles. The van der Waals surface area contributed by atoms with E-state index in [1.165, 1.54) is 12.8 Å². The normalized spacial score (nSPS) is 17.0. The lowest BCUT2D eigenvalue weighted by Crippen LogP contribution is -2.53. The zero-order valence-electron chi connectivity index (χ0n) is 17.3. The molecule has 2 N–H and O–H groups in total. The van der Waals surface area contributed by atoms with Gasteiger partial charge in [0.05, 0.1) is 20.3 Å². The number of nitrogens with zero attached hydrogens (tertiary/aromatic N) is 2. The maximum absolute atomic E-state index is 5.54. The summed E-state index contributed by atoms with van der Waals surface area (Å²) in [5.74, 6) is 2.39. The first-order chi connectivity index (χ1) is 13.2. The minimum atomic E-state index is 0.494. The van der Waals surface area contributed by atoms with Crippen LogP contribution in [0.3, 0.4) is 0 Å². The number of para-hydroxylation sites is 1. The molecule has 0 amide bonds. The van der Waals surface area contributed by atoms with Crippen molar-refractivity contribution in [2.45, 2.75) is 39.3 Å². The number of guanidine groups is 1. The largest absolute Gasteiger partial charge is 0.496 e. The molecule has 0 spiro atoms. The van der Waals surface area contributed by atoms with Gasteiger partial charge in [-0.1, -0.05) is 44.9 Å². The van der Waals surface area contributed by atoms with E-state index in [9.17, 15) is 0 Å². The molecule has 6 heteroatoms. The van der Waals surface area contributed by atoms with Crippen LogP contribution in [0.25, 0.3) is 0 Å². The lowest BCUT2D eigenvalue weighted by Gasteiger charge is -2.39. The van der Waals surface area contributed by atoms with Crippen LogP contribution < -0.4 is 15.4 Å². The van der Waals surface area contributed by atoms with E-state index in [1.807, 2.05) is 25.2 Å². The molecule has 1 heterocycles. The molecule has 1 atom stereocenters. The summed E-state index contributed by atoms with van der Waals surface area (Å²) < 4.78 is 11.0. The monoisotopic (exact) mass is 376 g/mol. The van der Waals surface area contributed by atoms with Crippen LogP contribution >= 0.6 is 0 Å². The summed E-state index contributed by atoms with van der Waals surface area (Å²) in [6.45, 7) is 9.82. The lowest BCUT2D eigenvalue weighted by molar-refractivity contribution is 0.00272. The standard InChI is InChI=1S/C21H36N4O2/c1-5-17(6-2)19(25-11-13-27-14-12-25)16-24-21(22-3)23-15-18-9-7-8-10-20(18)26-4/h7-10,17,19H,5-6,11-16H2,1-4H3,(H2,22,23,24). The zero-order valence-corrected chi connectivity index (χ0v) is 17.3. The van der Waals surface area contributed by atoms with Crippen LogP contribution in [0, 0.1) is 5.92 Å². The van der Waals surface area contributed by atoms with Crippen molar-refractivity contribution in [3.63, 3.8) is 0 Å². The highest BCUT2D eigenvalue weighted by molar-refractivity contribution is 5.79. The molecule has 0 saturated carbocycles. The highest BCUT2D eigenvalue weighted by Gasteiger charge is 2.27. The molecule has 2 rings (SSSR count). The Morgan fingerprint density at radius 2 is 1.89 bits per heavy atom. The highest BCUT2D eigenvalue weighted by atomic mass is 16.5. The molecule has 1 aromatic rings. The van der Waals surface area contributed by atoms with Crippen molar-refractivity contribution < 1.29 is 9.47 Å². The van der Waals surface area contributed by atoms with E-state index < -0.39 is 0 Å². The van der Waals surface area contributed by atoms with Gasteiger partial charge < -0.3 is 20.1 Å². The number of ether oxygens (including phenoxy) is 2. The third-order valence-electron chi connectivity index (χ3n) is 5.45. The fraction of sp³-hybridized carbons (Fsp3) is 0.667. The molecule has 0 radical (unpaired) electrons. The Hall–Kier alpha value is -1.79. The fourth-order valence-electron chi connectivity index (χ4n) is 3.79. The van der Waals surface area contributed by atoms with Crippen molar-refractivity contribution >= 4 is 5.96 Å². The molecule has 0 aromatic heterocycles. The van der Waals surface area contributed by atoms with Crippen molar-refractivity contribution in [3.05, 3.63) is 29.8 Å². The summed E-state index contributed by atoms with van der Waals surface area (Å²) >= 11 is 0. The Balaban J connectivity index is 1.94. The first-order valence-electron chi connectivity index (χ1n) is 10.1. The summed E-state index contributed by atoms with van der Waals surface area (Å²) in [6, 6.07) is 8.55. The number of morpholine rings is 1. The number of aliphatic imine (C=N–C) groups is 1. The minimum absolute atomic E-state index is 0.494. The van der Waals surface area contributed by atoms with Gasteiger partial charge in [-0.15, -0.1) is 0 Å². The Bertz CT molecular complexity index is 569. The highest BCUT2D eigenvalue weighted by Crippen LogP contribution is 2.20. The first-order valence-corrected chi connectivity index (χ1v) is 10.1. The molecule has 152 valence electrons. The van der Waals surface area contributed by atoms with E-state index in [0.29, 0.717) is 18.5 Å². The van der Waals surface area contributed by atoms with Gasteiger partial charge in [-0.3, -0.25) is 9.89 Å². The zero-order chi connectivity index (χ0) is 19.5. The molecule has 1 aliphatic rings. The second-order valence-corrected chi connectivity index (χ2v) is 6.91. The third-order valence-corrected chi connectivity index (χ3v) is 5.45. The Labute approximate surface area is 164 Å². The van der Waals surface area contributed by atoms with Crippen molar-refractivity contribution in [1.82, 2.24) is 15.5 Å². The number of nitrogens with one attached hydrogen (secondary N) is 2. The molecule has 1 unspecified atom stereocenters. The molecule has 1 fully saturated rings. The van der Waals surface area contributed by atoms with Gasteiger partial charge in [-0.2, -0.15) is 0 Å². The number of rotatable bonds is 9. The van der Waals surface area contributed by atoms with Gasteiger partial charge in [0, 0.05) is 44.8 Å². The van der Waals surface area contributed by atoms with Gasteiger partial charge in [0.2, 0.25) is 0 Å². The summed E-state index contributed by atoms with van der Waals surface area (Å²) in [6.07, 6.45) is 2.38. The second kappa shape index (κ2) is 11.8. The number of methoxy groups -OCH3 is 1. The Kier molecular flexibility index (Phi) is 9.42. The molecular formula is C21H36N4O2. The predicted octanol–water partition coefficient (Wildman–Crippen LogP) is 2.50. The smallest absolute Gasteiger partial charge is 0.191 e. The summed E-state index contributed by atoms with van der Waals surface area (Å²) in [5.41, 5.74) is 1.12. The van der Waals surface area contributed by atoms with Crippen molar-refractivity contribution in [3.8, 4) is 5.75 Å². The van der Waals surface area contributed by atoms with E-state index in [2.05, 4.69) is 40.4 Å². The predicted molar refractivity (Wildman–Crippen MR) is 111 cm³/mol. The van der Waals surface area contributed by atoms with E-state index in [1.54, 1.807) is 7.11 Å². The third kappa shape index (κ3) is 6.40. The van der Waals surface area contributed by atoms with Gasteiger partial charge in [0.15, 0.2) is 5.96 Å². The molecule has 1 saturated heterocycles. The van der Waals surface area contributed by atoms with Crippen LogP contribution in [-0.2, 0) is 11.3 Å². The number of benzene rings is 1. The van der Waals surface area contributed by atoms with Crippen molar-refractivity contribution in [2.24, 2.45) is 10.9 Å². The average molecular weight is 377 g/mol. The lowest BCUT2D eigenvalue weighted by atomic mass is 9.92. The van der Waals surface area contributed by atoms with Gasteiger partial charge in [0.25, 0.3) is 0 Å². The molecule has 1 aromatic carbocycles. The van der Waals surface area contributed by atoms with Crippen LogP contribution in [-0.4, -0.2) is 63.9 Å².